The van der Waals surface area contributed by atoms with Gasteiger partial charge in [0.25, 0.3) is 0 Å². The smallest absolute Gasteiger partial charge is 0.245 e. The van der Waals surface area contributed by atoms with Crippen LogP contribution >= 0.6 is 0 Å². The molecule has 2 rings (SSSR count). The zero-order valence-corrected chi connectivity index (χ0v) is 24.2. The van der Waals surface area contributed by atoms with Crippen LogP contribution in [0.4, 0.5) is 0 Å². The maximum atomic E-state index is 13.5. The summed E-state index contributed by atoms with van der Waals surface area (Å²) in [4.78, 5) is 67.8. The first-order valence-corrected chi connectivity index (χ1v) is 13.8. The Kier molecular flexibility index (Phi) is 11.9. The van der Waals surface area contributed by atoms with Crippen LogP contribution < -0.4 is 21.3 Å². The van der Waals surface area contributed by atoms with Gasteiger partial charge >= 0.3 is 0 Å². The van der Waals surface area contributed by atoms with E-state index in [9.17, 15) is 24.0 Å². The molecule has 10 nitrogen and oxygen atoms in total. The number of nitrogens with zero attached hydrogens (tertiary/aromatic N) is 1. The average molecular weight is 544 g/mol. The number of hydrogen-bond donors (Lipinski definition) is 4. The van der Waals surface area contributed by atoms with Crippen molar-refractivity contribution in [2.45, 2.75) is 85.0 Å². The Hall–Kier alpha value is -3.43. The Balaban J connectivity index is 2.50. The van der Waals surface area contributed by atoms with Gasteiger partial charge in [0.15, 0.2) is 0 Å². The van der Waals surface area contributed by atoms with Gasteiger partial charge in [-0.05, 0) is 36.2 Å². The molecule has 39 heavy (non-hydrogen) atoms. The minimum atomic E-state index is -0.957. The quantitative estimate of drug-likeness (QED) is 0.412. The highest BCUT2D eigenvalue weighted by Gasteiger charge is 2.34. The molecular weight excluding hydrogens is 498 g/mol. The number of benzene rings is 1. The summed E-state index contributed by atoms with van der Waals surface area (Å²) < 4.78 is 0. The molecule has 0 bridgehead atoms. The first-order chi connectivity index (χ1) is 18.3. The number of nitrogens with one attached hydrogen (secondary N) is 4. The third kappa shape index (κ3) is 10.00. The van der Waals surface area contributed by atoms with Crippen molar-refractivity contribution in [3.63, 3.8) is 0 Å². The van der Waals surface area contributed by atoms with Gasteiger partial charge in [-0.1, -0.05) is 71.9 Å². The first-order valence-electron chi connectivity index (χ1n) is 13.8. The summed E-state index contributed by atoms with van der Waals surface area (Å²) in [5.41, 5.74) is 0.836. The topological polar surface area (TPSA) is 137 Å². The zero-order valence-electron chi connectivity index (χ0n) is 24.2. The maximum Gasteiger partial charge on any atom is 0.245 e. The Labute approximate surface area is 232 Å². The number of likely N-dealkylation sites (N-methyl/N-ethyl adjacent to an activating group) is 1. The Bertz CT molecular complexity index is 1010. The fourth-order valence-corrected chi connectivity index (χ4v) is 4.58. The predicted molar refractivity (Wildman–Crippen MR) is 149 cm³/mol. The summed E-state index contributed by atoms with van der Waals surface area (Å²) in [5.74, 6) is -2.55. The highest BCUT2D eigenvalue weighted by Crippen LogP contribution is 2.13. The van der Waals surface area contributed by atoms with Crippen LogP contribution in [0.2, 0.25) is 0 Å². The molecule has 1 saturated heterocycles. The summed E-state index contributed by atoms with van der Waals surface area (Å²) in [6, 6.07) is 5.60. The number of rotatable bonds is 7. The van der Waals surface area contributed by atoms with Crippen molar-refractivity contribution in [3.8, 4) is 0 Å². The fraction of sp³-hybridized carbons (Fsp3) is 0.621. The second-order valence-corrected chi connectivity index (χ2v) is 11.6. The average Bonchev–Trinajstić information content (AvgIpc) is 2.84. The Morgan fingerprint density at radius 1 is 0.718 bits per heavy atom. The van der Waals surface area contributed by atoms with Gasteiger partial charge in [-0.25, -0.2) is 0 Å². The minimum absolute atomic E-state index is 0.0689. The second-order valence-electron chi connectivity index (χ2n) is 11.6. The van der Waals surface area contributed by atoms with Crippen LogP contribution in [0, 0.1) is 17.8 Å². The van der Waals surface area contributed by atoms with Crippen molar-refractivity contribution in [1.82, 2.24) is 26.2 Å². The van der Waals surface area contributed by atoms with Crippen LogP contribution in [0.3, 0.4) is 0 Å². The van der Waals surface area contributed by atoms with E-state index in [0.717, 1.165) is 5.56 Å². The molecule has 0 saturated carbocycles. The van der Waals surface area contributed by atoms with Crippen LogP contribution in [0.25, 0.3) is 0 Å². The third-order valence-electron chi connectivity index (χ3n) is 6.60. The van der Waals surface area contributed by atoms with Gasteiger partial charge in [0, 0.05) is 13.5 Å². The van der Waals surface area contributed by atoms with E-state index in [2.05, 4.69) is 21.3 Å². The molecule has 1 heterocycles. The van der Waals surface area contributed by atoms with Gasteiger partial charge in [-0.15, -0.1) is 0 Å². The molecule has 216 valence electrons. The summed E-state index contributed by atoms with van der Waals surface area (Å²) in [6.07, 6.45) is 0.908. The van der Waals surface area contributed by atoms with Crippen molar-refractivity contribution < 1.29 is 24.0 Å². The molecule has 1 fully saturated rings. The van der Waals surface area contributed by atoms with Crippen molar-refractivity contribution in [2.24, 2.45) is 17.8 Å². The lowest BCUT2D eigenvalue weighted by Gasteiger charge is -2.28. The fourth-order valence-electron chi connectivity index (χ4n) is 4.58. The van der Waals surface area contributed by atoms with Crippen molar-refractivity contribution in [2.75, 3.05) is 13.6 Å². The van der Waals surface area contributed by atoms with E-state index in [4.69, 9.17) is 0 Å². The molecular formula is C29H45N5O5. The van der Waals surface area contributed by atoms with E-state index in [-0.39, 0.29) is 30.7 Å². The monoisotopic (exact) mass is 543 g/mol. The molecule has 5 amide bonds. The van der Waals surface area contributed by atoms with Gasteiger partial charge in [0.05, 0.1) is 6.54 Å². The van der Waals surface area contributed by atoms with E-state index in [1.807, 2.05) is 58.0 Å². The zero-order chi connectivity index (χ0) is 29.3. The summed E-state index contributed by atoms with van der Waals surface area (Å²) >= 11 is 0. The van der Waals surface area contributed by atoms with Gasteiger partial charge < -0.3 is 26.2 Å². The number of hydrogen-bond acceptors (Lipinski definition) is 5. The van der Waals surface area contributed by atoms with Crippen LogP contribution in [0.15, 0.2) is 30.3 Å². The standard InChI is InChI=1S/C29H45N5O5/c1-17(2)13-21-27(37)32-23(15-20-11-9-8-10-12-20)29(39)34(7)16-24(35)33-25(19(5)6)28(38)31-22(14-18(3)4)26(36)30-21/h8-12,17-19,21-23,25H,13-16H2,1-7H3,(H,30,36)(H,31,38)(H,32,37)(H,33,35)/t21-,22-,23-,25-/m0/s1. The molecule has 0 spiro atoms. The molecule has 1 aromatic carbocycles. The van der Waals surface area contributed by atoms with Crippen LogP contribution in [-0.2, 0) is 30.4 Å². The highest BCUT2D eigenvalue weighted by atomic mass is 16.2. The molecule has 4 atom stereocenters. The van der Waals surface area contributed by atoms with Crippen molar-refractivity contribution in [3.05, 3.63) is 35.9 Å². The van der Waals surface area contributed by atoms with Crippen LogP contribution in [-0.4, -0.2) is 72.2 Å². The molecule has 4 N–H and O–H groups in total. The minimum Gasteiger partial charge on any atom is -0.343 e. The van der Waals surface area contributed by atoms with Gasteiger partial charge in [0.2, 0.25) is 29.5 Å². The Morgan fingerprint density at radius 3 is 1.69 bits per heavy atom. The molecule has 0 radical (unpaired) electrons. The van der Waals surface area contributed by atoms with Crippen molar-refractivity contribution in [1.29, 1.82) is 0 Å². The highest BCUT2D eigenvalue weighted by molar-refractivity contribution is 5.97. The number of carbonyl (C=O) groups is 5. The second kappa shape index (κ2) is 14.6. The largest absolute Gasteiger partial charge is 0.343 e. The van der Waals surface area contributed by atoms with E-state index in [1.165, 1.54) is 11.9 Å². The molecule has 1 aliphatic heterocycles. The number of amides is 5. The van der Waals surface area contributed by atoms with Crippen LogP contribution in [0.5, 0.6) is 0 Å². The summed E-state index contributed by atoms with van der Waals surface area (Å²) in [7, 11) is 1.49. The molecule has 1 aliphatic rings. The van der Waals surface area contributed by atoms with Gasteiger partial charge in [-0.3, -0.25) is 24.0 Å². The van der Waals surface area contributed by atoms with Gasteiger partial charge in [0.1, 0.15) is 24.2 Å². The van der Waals surface area contributed by atoms with E-state index >= 15 is 0 Å². The van der Waals surface area contributed by atoms with E-state index < -0.39 is 53.7 Å². The maximum absolute atomic E-state index is 13.5. The normalized spacial score (nSPS) is 24.2. The summed E-state index contributed by atoms with van der Waals surface area (Å²) in [6.45, 7) is 11.0. The molecule has 1 aromatic rings. The lowest BCUT2D eigenvalue weighted by Crippen LogP contribution is -2.58. The molecule has 0 aliphatic carbocycles. The molecule has 0 aromatic heterocycles. The SMILES string of the molecule is CC(C)C[C@@H]1NC(=O)[C@H](CC(C)C)NC(=O)[C@H](C(C)C)NC(=O)CN(C)C(=O)[C@H](Cc2ccccc2)NC1=O. The van der Waals surface area contributed by atoms with Crippen molar-refractivity contribution >= 4 is 29.5 Å². The van der Waals surface area contributed by atoms with Crippen LogP contribution in [0.1, 0.15) is 59.9 Å². The lowest BCUT2D eigenvalue weighted by molar-refractivity contribution is -0.139. The van der Waals surface area contributed by atoms with E-state index in [1.54, 1.807) is 13.8 Å². The predicted octanol–water partition coefficient (Wildman–Crippen LogP) is 1.39. The summed E-state index contributed by atoms with van der Waals surface area (Å²) in [5, 5.41) is 11.2. The molecule has 10 heteroatoms. The molecule has 0 unspecified atom stereocenters. The van der Waals surface area contributed by atoms with Gasteiger partial charge in [-0.2, -0.15) is 0 Å². The van der Waals surface area contributed by atoms with E-state index in [0.29, 0.717) is 12.8 Å². The number of carbonyl (C=O) groups excluding carboxylic acids is 5. The first kappa shape index (κ1) is 31.8. The third-order valence-corrected chi connectivity index (χ3v) is 6.60. The Morgan fingerprint density at radius 2 is 1.21 bits per heavy atom. The lowest BCUT2D eigenvalue weighted by atomic mass is 9.98.